The van der Waals surface area contributed by atoms with Gasteiger partial charge in [0.1, 0.15) is 5.75 Å². The third-order valence-corrected chi connectivity index (χ3v) is 7.73. The Hall–Kier alpha value is -3.79. The third-order valence-electron chi connectivity index (χ3n) is 7.73. The lowest BCUT2D eigenvalue weighted by atomic mass is 9.79. The molecule has 4 aromatic rings. The van der Waals surface area contributed by atoms with Crippen LogP contribution in [0.5, 0.6) is 5.75 Å². The van der Waals surface area contributed by atoms with Crippen molar-refractivity contribution in [3.63, 3.8) is 0 Å². The molecule has 0 aliphatic heterocycles. The Labute approximate surface area is 214 Å². The van der Waals surface area contributed by atoms with Crippen LogP contribution in [-0.2, 0) is 25.4 Å². The fraction of sp³-hybridized carbons (Fsp3) is 0.212. The maximum Gasteiger partial charge on any atom is 0.416 e. The Morgan fingerprint density at radius 2 is 1.62 bits per heavy atom. The van der Waals surface area contributed by atoms with E-state index in [0.29, 0.717) is 18.4 Å². The van der Waals surface area contributed by atoms with E-state index in [9.17, 15) is 18.3 Å². The van der Waals surface area contributed by atoms with Gasteiger partial charge in [0.15, 0.2) is 0 Å². The van der Waals surface area contributed by atoms with Crippen molar-refractivity contribution < 1.29 is 18.3 Å². The second-order valence-electron chi connectivity index (χ2n) is 10.00. The van der Waals surface area contributed by atoms with Crippen molar-refractivity contribution >= 4 is 16.3 Å². The third kappa shape index (κ3) is 4.46. The maximum atomic E-state index is 13.3. The van der Waals surface area contributed by atoms with Gasteiger partial charge in [-0.05, 0) is 101 Å². The first-order chi connectivity index (χ1) is 17.9. The van der Waals surface area contributed by atoms with E-state index in [-0.39, 0.29) is 5.75 Å². The molecule has 0 atom stereocenters. The molecular weight excluding hydrogens is 469 g/mol. The van der Waals surface area contributed by atoms with E-state index in [2.05, 4.69) is 36.4 Å². The summed E-state index contributed by atoms with van der Waals surface area (Å²) in [4.78, 5) is 0. The van der Waals surface area contributed by atoms with Crippen molar-refractivity contribution in [2.45, 2.75) is 44.7 Å². The van der Waals surface area contributed by atoms with E-state index in [4.69, 9.17) is 0 Å². The fourth-order valence-corrected chi connectivity index (χ4v) is 5.87. The second-order valence-corrected chi connectivity index (χ2v) is 10.00. The van der Waals surface area contributed by atoms with E-state index >= 15 is 0 Å². The molecule has 0 spiro atoms. The SMILES string of the molecule is Oc1ccccc1-c1cc2ccc3c(c2cc1CCc1cccc(C(F)(F)F)c1)CCC1=C3C=CCC1. The monoisotopic (exact) mass is 496 g/mol. The zero-order chi connectivity index (χ0) is 25.6. The predicted octanol–water partition coefficient (Wildman–Crippen LogP) is 9.07. The molecule has 0 unspecified atom stereocenters. The van der Waals surface area contributed by atoms with Gasteiger partial charge < -0.3 is 5.11 Å². The van der Waals surface area contributed by atoms with Crippen molar-refractivity contribution in [3.05, 3.63) is 118 Å². The number of alkyl halides is 3. The van der Waals surface area contributed by atoms with Crippen LogP contribution in [0.25, 0.3) is 27.5 Å². The highest BCUT2D eigenvalue weighted by atomic mass is 19.4. The van der Waals surface area contributed by atoms with Gasteiger partial charge in [-0.25, -0.2) is 0 Å². The number of phenols is 1. The van der Waals surface area contributed by atoms with Gasteiger partial charge in [0.2, 0.25) is 0 Å². The first kappa shape index (κ1) is 23.6. The molecule has 2 aliphatic carbocycles. The molecule has 0 saturated heterocycles. The van der Waals surface area contributed by atoms with Crippen LogP contribution in [0.3, 0.4) is 0 Å². The molecule has 0 fully saturated rings. The molecule has 186 valence electrons. The molecule has 1 nitrogen and oxygen atoms in total. The summed E-state index contributed by atoms with van der Waals surface area (Å²) in [6, 6.07) is 21.6. The molecule has 4 heteroatoms. The van der Waals surface area contributed by atoms with E-state index in [1.807, 2.05) is 12.1 Å². The topological polar surface area (TPSA) is 20.2 Å². The zero-order valence-electron chi connectivity index (χ0n) is 20.4. The average molecular weight is 497 g/mol. The molecular formula is C33H27F3O. The van der Waals surface area contributed by atoms with E-state index in [1.54, 1.807) is 18.2 Å². The van der Waals surface area contributed by atoms with Gasteiger partial charge in [-0.15, -0.1) is 0 Å². The molecule has 37 heavy (non-hydrogen) atoms. The molecule has 0 bridgehead atoms. The molecule has 4 aromatic carbocycles. The Kier molecular flexibility index (Phi) is 5.91. The number of benzene rings is 4. The summed E-state index contributed by atoms with van der Waals surface area (Å²) in [5.74, 6) is 0.197. The predicted molar refractivity (Wildman–Crippen MR) is 144 cm³/mol. The number of aromatic hydroxyl groups is 1. The summed E-state index contributed by atoms with van der Waals surface area (Å²) < 4.78 is 39.8. The highest BCUT2D eigenvalue weighted by Gasteiger charge is 2.30. The van der Waals surface area contributed by atoms with Crippen molar-refractivity contribution in [3.8, 4) is 16.9 Å². The van der Waals surface area contributed by atoms with Gasteiger partial charge >= 0.3 is 6.18 Å². The lowest BCUT2D eigenvalue weighted by Gasteiger charge is -2.26. The molecule has 0 saturated carbocycles. The summed E-state index contributed by atoms with van der Waals surface area (Å²) >= 11 is 0. The summed E-state index contributed by atoms with van der Waals surface area (Å²) in [7, 11) is 0. The van der Waals surface area contributed by atoms with E-state index in [1.165, 1.54) is 39.8 Å². The number of hydrogen-bond acceptors (Lipinski definition) is 1. The Balaban J connectivity index is 1.47. The van der Waals surface area contributed by atoms with Gasteiger partial charge in [0.05, 0.1) is 5.56 Å². The minimum Gasteiger partial charge on any atom is -0.507 e. The largest absolute Gasteiger partial charge is 0.507 e. The van der Waals surface area contributed by atoms with Gasteiger partial charge in [-0.2, -0.15) is 13.2 Å². The average Bonchev–Trinajstić information content (AvgIpc) is 2.91. The smallest absolute Gasteiger partial charge is 0.416 e. The van der Waals surface area contributed by atoms with Crippen molar-refractivity contribution in [2.75, 3.05) is 0 Å². The maximum absolute atomic E-state index is 13.3. The first-order valence-electron chi connectivity index (χ1n) is 12.8. The molecule has 0 heterocycles. The van der Waals surface area contributed by atoms with Crippen LogP contribution in [0.1, 0.15) is 47.1 Å². The fourth-order valence-electron chi connectivity index (χ4n) is 5.87. The summed E-state index contributed by atoms with van der Waals surface area (Å²) in [5.41, 5.74) is 8.23. The van der Waals surface area contributed by atoms with Gasteiger partial charge in [0.25, 0.3) is 0 Å². The molecule has 1 N–H and O–H groups in total. The standard InChI is InChI=1S/C33H27F3O/c34-33(35,36)25-8-5-6-21(18-25)12-13-23-19-30-24(20-31(23)29-10-3-4-11-32(29)37)15-17-27-26-9-2-1-7-22(26)14-16-28(27)30/h2-6,8-11,15,17-20,37H,1,7,12-14,16H2. The van der Waals surface area contributed by atoms with Crippen LogP contribution in [-0.4, -0.2) is 5.11 Å². The zero-order valence-corrected chi connectivity index (χ0v) is 20.4. The molecule has 0 amide bonds. The highest BCUT2D eigenvalue weighted by molar-refractivity contribution is 5.97. The molecule has 0 radical (unpaired) electrons. The lowest BCUT2D eigenvalue weighted by molar-refractivity contribution is -0.137. The summed E-state index contributed by atoms with van der Waals surface area (Å²) in [6.07, 6.45) is 5.47. The normalized spacial score (nSPS) is 15.1. The van der Waals surface area contributed by atoms with Gasteiger partial charge in [-0.3, -0.25) is 0 Å². The van der Waals surface area contributed by atoms with Crippen molar-refractivity contribution in [2.24, 2.45) is 0 Å². The van der Waals surface area contributed by atoms with Crippen LogP contribution in [0, 0.1) is 0 Å². The minimum atomic E-state index is -4.36. The van der Waals surface area contributed by atoms with Crippen LogP contribution >= 0.6 is 0 Å². The minimum absolute atomic E-state index is 0.197. The number of halogens is 3. The highest BCUT2D eigenvalue weighted by Crippen LogP contribution is 2.42. The second kappa shape index (κ2) is 9.26. The van der Waals surface area contributed by atoms with E-state index in [0.717, 1.165) is 53.8 Å². The van der Waals surface area contributed by atoms with Crippen molar-refractivity contribution in [1.82, 2.24) is 0 Å². The van der Waals surface area contributed by atoms with Crippen LogP contribution < -0.4 is 0 Å². The number of fused-ring (bicyclic) bond motifs is 4. The molecule has 0 aromatic heterocycles. The summed E-state index contributed by atoms with van der Waals surface area (Å²) in [6.45, 7) is 0. The molecule has 6 rings (SSSR count). The number of aryl methyl sites for hydroxylation is 3. The Morgan fingerprint density at radius 3 is 2.46 bits per heavy atom. The van der Waals surface area contributed by atoms with Crippen LogP contribution in [0.4, 0.5) is 13.2 Å². The van der Waals surface area contributed by atoms with Gasteiger partial charge in [-0.1, -0.05) is 72.3 Å². The number of para-hydroxylation sites is 1. The van der Waals surface area contributed by atoms with Gasteiger partial charge in [0, 0.05) is 5.56 Å². The number of allylic oxidation sites excluding steroid dienone is 4. The number of hydrogen-bond donors (Lipinski definition) is 1. The number of phenolic OH excluding ortho intramolecular Hbond substituents is 1. The number of rotatable bonds is 4. The van der Waals surface area contributed by atoms with Crippen LogP contribution in [0.15, 0.2) is 90.5 Å². The van der Waals surface area contributed by atoms with Crippen LogP contribution in [0.2, 0.25) is 0 Å². The Morgan fingerprint density at radius 1 is 0.757 bits per heavy atom. The van der Waals surface area contributed by atoms with E-state index < -0.39 is 11.7 Å². The summed E-state index contributed by atoms with van der Waals surface area (Å²) in [5, 5.41) is 13.0. The first-order valence-corrected chi connectivity index (χ1v) is 12.8. The van der Waals surface area contributed by atoms with Crippen molar-refractivity contribution in [1.29, 1.82) is 0 Å². The molecule has 2 aliphatic rings. The quantitative estimate of drug-likeness (QED) is 0.299. The Bertz CT molecular complexity index is 1570. The lowest BCUT2D eigenvalue weighted by Crippen LogP contribution is -2.07.